The summed E-state index contributed by atoms with van der Waals surface area (Å²) in [5, 5.41) is 20.3. The molecule has 0 atom stereocenters. The molecule has 0 aromatic heterocycles. The number of nitro groups is 1. The molecule has 2 rings (SSSR count). The highest BCUT2D eigenvalue weighted by Gasteiger charge is 2.29. The van der Waals surface area contributed by atoms with Crippen molar-refractivity contribution in [2.75, 3.05) is 11.9 Å². The van der Waals surface area contributed by atoms with Gasteiger partial charge in [0.1, 0.15) is 5.69 Å². The zero-order valence-electron chi connectivity index (χ0n) is 10.7. The molecule has 0 bridgehead atoms. The lowest BCUT2D eigenvalue weighted by atomic mass is 10.1. The Morgan fingerprint density at radius 3 is 2.58 bits per heavy atom. The Balaban J connectivity index is 2.50. The first-order valence-electron chi connectivity index (χ1n) is 6.26. The fraction of sp³-hybridized carbons (Fsp3) is 0.462. The van der Waals surface area contributed by atoms with Crippen molar-refractivity contribution in [3.8, 4) is 0 Å². The van der Waals surface area contributed by atoms with Crippen molar-refractivity contribution in [2.24, 2.45) is 0 Å². The normalized spacial score (nSPS) is 15.4. The Morgan fingerprint density at radius 2 is 2.05 bits per heavy atom. The van der Waals surface area contributed by atoms with E-state index in [4.69, 9.17) is 0 Å². The van der Waals surface area contributed by atoms with Crippen molar-refractivity contribution >= 4 is 17.3 Å². The van der Waals surface area contributed by atoms with Gasteiger partial charge in [-0.05, 0) is 18.9 Å². The predicted octanol–water partition coefficient (Wildman–Crippen LogP) is 2.67. The van der Waals surface area contributed by atoms with E-state index in [1.807, 2.05) is 0 Å². The number of nitrogens with zero attached hydrogens (tertiary/aromatic N) is 2. The summed E-state index contributed by atoms with van der Waals surface area (Å²) >= 11 is 0. The second kappa shape index (κ2) is 5.26. The molecule has 19 heavy (non-hydrogen) atoms. The molecule has 0 heterocycles. The third-order valence-electron chi connectivity index (χ3n) is 3.67. The molecule has 1 aliphatic carbocycles. The summed E-state index contributed by atoms with van der Waals surface area (Å²) in [6.45, 7) is 0. The zero-order chi connectivity index (χ0) is 14.0. The number of nitro benzene ring substituents is 1. The number of benzene rings is 1. The minimum absolute atomic E-state index is 0.0106. The van der Waals surface area contributed by atoms with Gasteiger partial charge < -0.3 is 10.0 Å². The summed E-state index contributed by atoms with van der Waals surface area (Å²) in [6, 6.07) is 4.36. The number of hydrogen-bond donors (Lipinski definition) is 1. The second-order valence-electron chi connectivity index (χ2n) is 4.78. The Kier molecular flexibility index (Phi) is 3.69. The highest BCUT2D eigenvalue weighted by atomic mass is 16.6. The molecule has 0 saturated heterocycles. The summed E-state index contributed by atoms with van der Waals surface area (Å²) in [5.41, 5.74) is 0.0600. The Morgan fingerprint density at radius 1 is 1.42 bits per heavy atom. The average molecular weight is 264 g/mol. The van der Waals surface area contributed by atoms with E-state index in [1.165, 1.54) is 18.2 Å². The van der Waals surface area contributed by atoms with Crippen LogP contribution in [-0.2, 0) is 0 Å². The van der Waals surface area contributed by atoms with Gasteiger partial charge in [-0.3, -0.25) is 10.1 Å². The number of para-hydroxylation sites is 1. The van der Waals surface area contributed by atoms with Gasteiger partial charge in [0.05, 0.1) is 10.5 Å². The number of hydrogen-bond acceptors (Lipinski definition) is 4. The van der Waals surface area contributed by atoms with Crippen LogP contribution in [0.25, 0.3) is 0 Å². The van der Waals surface area contributed by atoms with Crippen LogP contribution < -0.4 is 4.90 Å². The van der Waals surface area contributed by atoms with Gasteiger partial charge in [0.25, 0.3) is 5.69 Å². The monoisotopic (exact) mass is 264 g/mol. The fourth-order valence-corrected chi connectivity index (χ4v) is 2.70. The summed E-state index contributed by atoms with van der Waals surface area (Å²) in [5.74, 6) is -1.14. The summed E-state index contributed by atoms with van der Waals surface area (Å²) in [7, 11) is 1.74. The molecule has 1 fully saturated rings. The molecule has 0 amide bonds. The fourth-order valence-electron chi connectivity index (χ4n) is 2.70. The number of aromatic carboxylic acids is 1. The molecule has 1 aliphatic rings. The maximum Gasteiger partial charge on any atom is 0.338 e. The van der Waals surface area contributed by atoms with Crippen LogP contribution in [0.5, 0.6) is 0 Å². The third-order valence-corrected chi connectivity index (χ3v) is 3.67. The lowest BCUT2D eigenvalue weighted by Gasteiger charge is -2.27. The van der Waals surface area contributed by atoms with Gasteiger partial charge in [0.2, 0.25) is 0 Å². The molecule has 1 N–H and O–H groups in total. The number of carbonyl (C=O) groups is 1. The largest absolute Gasteiger partial charge is 0.478 e. The molecular formula is C13H16N2O4. The predicted molar refractivity (Wildman–Crippen MR) is 70.7 cm³/mol. The smallest absolute Gasteiger partial charge is 0.338 e. The van der Waals surface area contributed by atoms with Crippen molar-refractivity contribution in [1.82, 2.24) is 0 Å². The molecule has 0 aliphatic heterocycles. The number of anilines is 1. The van der Waals surface area contributed by atoms with Crippen LogP contribution >= 0.6 is 0 Å². The lowest BCUT2D eigenvalue weighted by molar-refractivity contribution is -0.384. The molecule has 1 aromatic carbocycles. The van der Waals surface area contributed by atoms with Crippen LogP contribution in [0, 0.1) is 10.1 Å². The van der Waals surface area contributed by atoms with Gasteiger partial charge in [-0.15, -0.1) is 0 Å². The zero-order valence-corrected chi connectivity index (χ0v) is 10.7. The summed E-state index contributed by atoms with van der Waals surface area (Å²) in [4.78, 5) is 23.6. The Bertz CT molecular complexity index is 477. The third kappa shape index (κ3) is 2.52. The van der Waals surface area contributed by atoms with E-state index in [0.717, 1.165) is 25.7 Å². The van der Waals surface area contributed by atoms with E-state index < -0.39 is 10.9 Å². The number of carboxylic acids is 1. The van der Waals surface area contributed by atoms with Crippen molar-refractivity contribution in [3.05, 3.63) is 33.9 Å². The molecule has 0 radical (unpaired) electrons. The van der Waals surface area contributed by atoms with Crippen LogP contribution in [0.4, 0.5) is 11.4 Å². The minimum atomic E-state index is -1.14. The van der Waals surface area contributed by atoms with E-state index in [1.54, 1.807) is 11.9 Å². The molecule has 1 saturated carbocycles. The lowest BCUT2D eigenvalue weighted by Crippen LogP contribution is -2.31. The van der Waals surface area contributed by atoms with Crippen LogP contribution in [0.1, 0.15) is 36.0 Å². The Hall–Kier alpha value is -2.11. The maximum absolute atomic E-state index is 11.3. The molecule has 6 nitrogen and oxygen atoms in total. The van der Waals surface area contributed by atoms with Crippen LogP contribution in [0.2, 0.25) is 0 Å². The topological polar surface area (TPSA) is 83.7 Å². The van der Waals surface area contributed by atoms with Crippen molar-refractivity contribution in [1.29, 1.82) is 0 Å². The second-order valence-corrected chi connectivity index (χ2v) is 4.78. The summed E-state index contributed by atoms with van der Waals surface area (Å²) < 4.78 is 0. The molecule has 6 heteroatoms. The van der Waals surface area contributed by atoms with Gasteiger partial charge in [-0.2, -0.15) is 0 Å². The highest BCUT2D eigenvalue weighted by molar-refractivity contribution is 5.97. The molecular weight excluding hydrogens is 248 g/mol. The standard InChI is InChI=1S/C13H16N2O4/c1-14(9-5-2-3-6-9)12-10(13(16)17)7-4-8-11(12)15(18)19/h4,7-9H,2-3,5-6H2,1H3,(H,16,17). The van der Waals surface area contributed by atoms with Crippen molar-refractivity contribution < 1.29 is 14.8 Å². The van der Waals surface area contributed by atoms with Crippen molar-refractivity contribution in [3.63, 3.8) is 0 Å². The van der Waals surface area contributed by atoms with Gasteiger partial charge in [0, 0.05) is 19.2 Å². The number of rotatable bonds is 4. The average Bonchev–Trinajstić information content (AvgIpc) is 2.90. The molecule has 0 spiro atoms. The van der Waals surface area contributed by atoms with Gasteiger partial charge in [-0.25, -0.2) is 4.79 Å². The minimum Gasteiger partial charge on any atom is -0.478 e. The van der Waals surface area contributed by atoms with E-state index in [0.29, 0.717) is 0 Å². The Labute approximate surface area is 110 Å². The van der Waals surface area contributed by atoms with Gasteiger partial charge in [0.15, 0.2) is 0 Å². The quantitative estimate of drug-likeness (QED) is 0.667. The van der Waals surface area contributed by atoms with Gasteiger partial charge >= 0.3 is 5.97 Å². The van der Waals surface area contributed by atoms with Crippen LogP contribution in [0.15, 0.2) is 18.2 Å². The van der Waals surface area contributed by atoms with Crippen molar-refractivity contribution in [2.45, 2.75) is 31.7 Å². The summed E-state index contributed by atoms with van der Waals surface area (Å²) in [6.07, 6.45) is 4.05. The molecule has 0 unspecified atom stereocenters. The first-order valence-corrected chi connectivity index (χ1v) is 6.26. The first kappa shape index (κ1) is 13.3. The van der Waals surface area contributed by atoms with E-state index in [9.17, 15) is 20.0 Å². The van der Waals surface area contributed by atoms with Crippen LogP contribution in [-0.4, -0.2) is 29.1 Å². The molecule has 1 aromatic rings. The van der Waals surface area contributed by atoms with E-state index >= 15 is 0 Å². The molecule has 102 valence electrons. The van der Waals surface area contributed by atoms with Crippen LogP contribution in [0.3, 0.4) is 0 Å². The SMILES string of the molecule is CN(c1c(C(=O)O)cccc1[N+](=O)[O-])C1CCCC1. The van der Waals surface area contributed by atoms with E-state index in [-0.39, 0.29) is 23.0 Å². The van der Waals surface area contributed by atoms with Gasteiger partial charge in [-0.1, -0.05) is 18.9 Å². The maximum atomic E-state index is 11.3. The van der Waals surface area contributed by atoms with E-state index in [2.05, 4.69) is 0 Å². The number of carboxylic acid groups (broad SMARTS) is 1. The first-order chi connectivity index (χ1) is 9.02. The highest BCUT2D eigenvalue weighted by Crippen LogP contribution is 2.35.